The first-order valence-corrected chi connectivity index (χ1v) is 9.32. The molecule has 132 valence electrons. The number of fused-ring (bicyclic) bond motifs is 1. The number of pyridine rings is 1. The molecule has 2 aliphatic rings. The molecule has 2 atom stereocenters. The number of rotatable bonds is 4. The van der Waals surface area contributed by atoms with E-state index in [0.717, 1.165) is 42.6 Å². The highest BCUT2D eigenvalue weighted by Crippen LogP contribution is 2.32. The van der Waals surface area contributed by atoms with Gasteiger partial charge in [0.1, 0.15) is 5.84 Å². The molecule has 1 amide bonds. The van der Waals surface area contributed by atoms with Crippen molar-refractivity contribution in [1.82, 2.24) is 9.88 Å². The lowest BCUT2D eigenvalue weighted by molar-refractivity contribution is -0.134. The minimum atomic E-state index is 0.0444. The van der Waals surface area contributed by atoms with Gasteiger partial charge in [-0.3, -0.25) is 19.7 Å². The van der Waals surface area contributed by atoms with Crippen LogP contribution in [-0.2, 0) is 11.3 Å². The normalized spacial score (nSPS) is 23.0. The van der Waals surface area contributed by atoms with Gasteiger partial charge in [-0.2, -0.15) is 0 Å². The lowest BCUT2D eigenvalue weighted by atomic mass is 9.82. The number of aromatic nitrogens is 1. The Kier molecular flexibility index (Phi) is 4.91. The third-order valence-electron chi connectivity index (χ3n) is 5.18. The molecule has 1 saturated carbocycles. The van der Waals surface area contributed by atoms with Gasteiger partial charge in [-0.25, -0.2) is 0 Å². The number of carbonyl (C=O) groups excluding carboxylic acids is 1. The molecule has 1 fully saturated rings. The molecule has 0 saturated heterocycles. The van der Waals surface area contributed by atoms with E-state index in [9.17, 15) is 4.79 Å². The Bertz CT molecular complexity index is 814. The van der Waals surface area contributed by atoms with Gasteiger partial charge in [0.15, 0.2) is 0 Å². The zero-order valence-electron chi connectivity index (χ0n) is 14.8. The monoisotopic (exact) mass is 345 g/mol. The summed E-state index contributed by atoms with van der Waals surface area (Å²) in [6, 6.07) is 14.2. The van der Waals surface area contributed by atoms with Crippen LogP contribution in [-0.4, -0.2) is 27.7 Å². The Balaban J connectivity index is 1.65. The zero-order chi connectivity index (χ0) is 17.8. The highest BCUT2D eigenvalue weighted by Gasteiger charge is 2.38. The van der Waals surface area contributed by atoms with Crippen molar-refractivity contribution in [3.8, 4) is 0 Å². The van der Waals surface area contributed by atoms with Gasteiger partial charge in [-0.1, -0.05) is 49.2 Å². The van der Waals surface area contributed by atoms with Crippen LogP contribution in [0.15, 0.2) is 65.9 Å². The fourth-order valence-electron chi connectivity index (χ4n) is 3.81. The second-order valence-corrected chi connectivity index (χ2v) is 6.98. The van der Waals surface area contributed by atoms with E-state index in [1.54, 1.807) is 6.20 Å². The molecule has 1 aliphatic carbocycles. The molecular formula is C22H23N3O. The van der Waals surface area contributed by atoms with Crippen LogP contribution >= 0.6 is 0 Å². The maximum absolute atomic E-state index is 13.2. The van der Waals surface area contributed by atoms with Gasteiger partial charge in [-0.05, 0) is 42.2 Å². The highest BCUT2D eigenvalue weighted by molar-refractivity contribution is 6.08. The lowest BCUT2D eigenvalue weighted by Gasteiger charge is -2.38. The van der Waals surface area contributed by atoms with Crippen molar-refractivity contribution in [3.63, 3.8) is 0 Å². The molecule has 4 rings (SSSR count). The quantitative estimate of drug-likeness (QED) is 0.838. The Morgan fingerprint density at radius 3 is 2.69 bits per heavy atom. The van der Waals surface area contributed by atoms with Gasteiger partial charge in [0, 0.05) is 12.4 Å². The molecule has 2 unspecified atom stereocenters. The Hall–Kier alpha value is -2.75. The van der Waals surface area contributed by atoms with Crippen LogP contribution in [0.2, 0.25) is 0 Å². The average Bonchev–Trinajstić information content (AvgIpc) is 2.70. The summed E-state index contributed by atoms with van der Waals surface area (Å²) in [5, 5.41) is 0. The summed E-state index contributed by atoms with van der Waals surface area (Å²) in [6.45, 7) is 0.569. The number of nitrogens with zero attached hydrogens (tertiary/aromatic N) is 3. The maximum atomic E-state index is 13.2. The molecule has 1 aromatic heterocycles. The van der Waals surface area contributed by atoms with E-state index in [4.69, 9.17) is 4.99 Å². The molecule has 4 heteroatoms. The van der Waals surface area contributed by atoms with Crippen LogP contribution < -0.4 is 0 Å². The summed E-state index contributed by atoms with van der Waals surface area (Å²) in [7, 11) is 0. The van der Waals surface area contributed by atoms with Crippen molar-refractivity contribution in [1.29, 1.82) is 0 Å². The second kappa shape index (κ2) is 7.65. The van der Waals surface area contributed by atoms with E-state index in [-0.39, 0.29) is 17.9 Å². The van der Waals surface area contributed by atoms with E-state index in [0.29, 0.717) is 6.54 Å². The smallest absolute Gasteiger partial charge is 0.233 e. The van der Waals surface area contributed by atoms with Gasteiger partial charge < -0.3 is 0 Å². The molecule has 1 aromatic carbocycles. The maximum Gasteiger partial charge on any atom is 0.233 e. The number of amidine groups is 1. The predicted molar refractivity (Wildman–Crippen MR) is 103 cm³/mol. The number of aliphatic imine (C=N–C) groups is 1. The summed E-state index contributed by atoms with van der Waals surface area (Å²) >= 11 is 0. The van der Waals surface area contributed by atoms with Crippen LogP contribution in [0.3, 0.4) is 0 Å². The number of hydrogen-bond acceptors (Lipinski definition) is 3. The SMILES string of the molecule is O=C1C2CCCCC2N=C(C=Cc2cccnc2)N1Cc1ccccc1. The number of benzene rings is 1. The van der Waals surface area contributed by atoms with E-state index in [1.165, 1.54) is 0 Å². The summed E-state index contributed by atoms with van der Waals surface area (Å²) < 4.78 is 0. The Labute approximate surface area is 154 Å². The second-order valence-electron chi connectivity index (χ2n) is 6.98. The molecule has 0 radical (unpaired) electrons. The molecule has 0 spiro atoms. The van der Waals surface area contributed by atoms with E-state index < -0.39 is 0 Å². The predicted octanol–water partition coefficient (Wildman–Crippen LogP) is 4.09. The van der Waals surface area contributed by atoms with E-state index in [2.05, 4.69) is 17.1 Å². The molecule has 2 aromatic rings. The Morgan fingerprint density at radius 1 is 1.04 bits per heavy atom. The third kappa shape index (κ3) is 3.59. The summed E-state index contributed by atoms with van der Waals surface area (Å²) in [5.41, 5.74) is 2.13. The van der Waals surface area contributed by atoms with Crippen LogP contribution in [0.5, 0.6) is 0 Å². The van der Waals surface area contributed by atoms with Crippen LogP contribution in [0, 0.1) is 5.92 Å². The van der Waals surface area contributed by atoms with Crippen molar-refractivity contribution in [2.45, 2.75) is 38.3 Å². The van der Waals surface area contributed by atoms with E-state index >= 15 is 0 Å². The molecule has 26 heavy (non-hydrogen) atoms. The number of carbonyl (C=O) groups is 1. The van der Waals surface area contributed by atoms with Gasteiger partial charge in [0.05, 0.1) is 18.5 Å². The summed E-state index contributed by atoms with van der Waals surface area (Å²) in [4.78, 5) is 24.1. The molecule has 2 heterocycles. The van der Waals surface area contributed by atoms with E-state index in [1.807, 2.05) is 53.6 Å². The molecular weight excluding hydrogens is 322 g/mol. The van der Waals surface area contributed by atoms with Gasteiger partial charge in [0.25, 0.3) is 0 Å². The topological polar surface area (TPSA) is 45.6 Å². The Morgan fingerprint density at radius 2 is 1.88 bits per heavy atom. The number of hydrogen-bond donors (Lipinski definition) is 0. The van der Waals surface area contributed by atoms with Crippen molar-refractivity contribution in [2.24, 2.45) is 10.9 Å². The van der Waals surface area contributed by atoms with Crippen molar-refractivity contribution < 1.29 is 4.79 Å². The van der Waals surface area contributed by atoms with Crippen LogP contribution in [0.1, 0.15) is 36.8 Å². The van der Waals surface area contributed by atoms with Gasteiger partial charge in [0.2, 0.25) is 5.91 Å². The molecule has 0 bridgehead atoms. The summed E-state index contributed by atoms with van der Waals surface area (Å²) in [5.74, 6) is 1.04. The first-order valence-electron chi connectivity index (χ1n) is 9.32. The summed E-state index contributed by atoms with van der Waals surface area (Å²) in [6.07, 6.45) is 11.8. The average molecular weight is 345 g/mol. The van der Waals surface area contributed by atoms with Gasteiger partial charge in [-0.15, -0.1) is 0 Å². The van der Waals surface area contributed by atoms with Crippen LogP contribution in [0.25, 0.3) is 6.08 Å². The van der Waals surface area contributed by atoms with Gasteiger partial charge >= 0.3 is 0 Å². The van der Waals surface area contributed by atoms with Crippen molar-refractivity contribution >= 4 is 17.8 Å². The first kappa shape index (κ1) is 16.7. The minimum Gasteiger partial charge on any atom is -0.292 e. The highest BCUT2D eigenvalue weighted by atomic mass is 16.2. The fraction of sp³-hybridized carbons (Fsp3) is 0.318. The standard InChI is InChI=1S/C22H23N3O/c26-22-19-10-4-5-11-20(19)24-21(13-12-17-9-6-14-23-15-17)25(22)16-18-7-2-1-3-8-18/h1-3,6-9,12-15,19-20H,4-5,10-11,16H2. The van der Waals surface area contributed by atoms with Crippen molar-refractivity contribution in [2.75, 3.05) is 0 Å². The molecule has 0 N–H and O–H groups in total. The minimum absolute atomic E-state index is 0.0444. The first-order chi connectivity index (χ1) is 12.8. The largest absolute Gasteiger partial charge is 0.292 e. The molecule has 4 nitrogen and oxygen atoms in total. The lowest BCUT2D eigenvalue weighted by Crippen LogP contribution is -2.48. The van der Waals surface area contributed by atoms with Crippen LogP contribution in [0.4, 0.5) is 0 Å². The zero-order valence-corrected chi connectivity index (χ0v) is 14.8. The number of amides is 1. The fourth-order valence-corrected chi connectivity index (χ4v) is 3.81. The van der Waals surface area contributed by atoms with Crippen molar-refractivity contribution in [3.05, 3.63) is 72.1 Å². The third-order valence-corrected chi connectivity index (χ3v) is 5.18. The molecule has 1 aliphatic heterocycles.